The lowest BCUT2D eigenvalue weighted by molar-refractivity contribution is -0.145. The van der Waals surface area contributed by atoms with Crippen LogP contribution in [0, 0.1) is 10.8 Å². The van der Waals surface area contributed by atoms with Gasteiger partial charge in [-0.2, -0.15) is 11.8 Å². The van der Waals surface area contributed by atoms with E-state index >= 15 is 0 Å². The van der Waals surface area contributed by atoms with Crippen molar-refractivity contribution in [3.63, 3.8) is 0 Å². The molecule has 0 aliphatic carbocycles. The van der Waals surface area contributed by atoms with Crippen LogP contribution in [0.15, 0.2) is 0 Å². The van der Waals surface area contributed by atoms with E-state index in [-0.39, 0.29) is 28.6 Å². The molecule has 158 valence electrons. The van der Waals surface area contributed by atoms with Crippen LogP contribution in [0.2, 0.25) is 0 Å². The largest absolute Gasteiger partial charge is 0.466 e. The summed E-state index contributed by atoms with van der Waals surface area (Å²) in [6.45, 7) is 13.4. The van der Waals surface area contributed by atoms with Crippen LogP contribution >= 0.6 is 11.8 Å². The van der Waals surface area contributed by atoms with Crippen molar-refractivity contribution >= 4 is 29.5 Å². The number of hydrogen-bond acceptors (Lipinski definition) is 5. The second-order valence-corrected chi connectivity index (χ2v) is 9.92. The topological polar surface area (TPSA) is 84.5 Å². The van der Waals surface area contributed by atoms with Crippen molar-refractivity contribution in [1.82, 2.24) is 10.6 Å². The molecule has 2 N–H and O–H groups in total. The third-order valence-corrected chi connectivity index (χ3v) is 4.77. The number of esters is 1. The van der Waals surface area contributed by atoms with Gasteiger partial charge < -0.3 is 15.4 Å². The molecule has 0 aromatic carbocycles. The normalized spacial score (nSPS) is 11.8. The fourth-order valence-electron chi connectivity index (χ4n) is 2.35. The van der Waals surface area contributed by atoms with Crippen molar-refractivity contribution in [2.45, 2.75) is 67.2 Å². The Bertz CT molecular complexity index is 473. The molecular formula is C20H38N2O4S. The first-order chi connectivity index (χ1) is 12.4. The fourth-order valence-corrected chi connectivity index (χ4v) is 3.50. The molecule has 0 radical (unpaired) electrons. The van der Waals surface area contributed by atoms with Crippen LogP contribution in [0.3, 0.4) is 0 Å². The van der Waals surface area contributed by atoms with Gasteiger partial charge in [0, 0.05) is 31.7 Å². The molecule has 0 heterocycles. The second kappa shape index (κ2) is 13.0. The van der Waals surface area contributed by atoms with Crippen molar-refractivity contribution in [3.8, 4) is 0 Å². The Hall–Kier alpha value is -1.24. The molecule has 0 aromatic heterocycles. The molecule has 0 fully saturated rings. The quantitative estimate of drug-likeness (QED) is 0.365. The van der Waals surface area contributed by atoms with E-state index in [0.29, 0.717) is 39.0 Å². The number of nitrogens with one attached hydrogen (secondary N) is 2. The van der Waals surface area contributed by atoms with E-state index in [4.69, 9.17) is 4.74 Å². The zero-order chi connectivity index (χ0) is 20.9. The minimum absolute atomic E-state index is 0.0173. The molecule has 0 rings (SSSR count). The van der Waals surface area contributed by atoms with Gasteiger partial charge in [0.15, 0.2) is 0 Å². The number of ether oxygens (including phenoxy) is 1. The third-order valence-electron chi connectivity index (χ3n) is 3.79. The predicted octanol–water partition coefficient (Wildman–Crippen LogP) is 3.15. The number of thioether (sulfide) groups is 1. The maximum absolute atomic E-state index is 11.8. The first kappa shape index (κ1) is 25.8. The molecule has 0 unspecified atom stereocenters. The summed E-state index contributed by atoms with van der Waals surface area (Å²) < 4.78 is 5.00. The Labute approximate surface area is 168 Å². The standard InChI is InChI=1S/C20H38N2O4S/c1-7-26-18(25)15-20(5,6)9-12-27-13-11-22-16(23)8-10-21-17(24)14-19(2,3)4/h7-15H2,1-6H3,(H,21,24)(H,22,23). The van der Waals surface area contributed by atoms with E-state index in [9.17, 15) is 14.4 Å². The summed E-state index contributed by atoms with van der Waals surface area (Å²) in [5.74, 6) is 1.56. The Balaban J connectivity index is 3.71. The second-order valence-electron chi connectivity index (χ2n) is 8.70. The van der Waals surface area contributed by atoms with Gasteiger partial charge in [-0.3, -0.25) is 14.4 Å². The first-order valence-electron chi connectivity index (χ1n) is 9.72. The molecule has 7 heteroatoms. The smallest absolute Gasteiger partial charge is 0.306 e. The Morgan fingerprint density at radius 3 is 2.11 bits per heavy atom. The van der Waals surface area contributed by atoms with E-state index in [1.807, 2.05) is 27.7 Å². The lowest BCUT2D eigenvalue weighted by Gasteiger charge is -2.23. The van der Waals surface area contributed by atoms with Gasteiger partial charge in [-0.1, -0.05) is 34.6 Å². The average molecular weight is 403 g/mol. The first-order valence-corrected chi connectivity index (χ1v) is 10.9. The Morgan fingerprint density at radius 2 is 1.52 bits per heavy atom. The molecule has 0 atom stereocenters. The van der Waals surface area contributed by atoms with Gasteiger partial charge in [0.2, 0.25) is 11.8 Å². The summed E-state index contributed by atoms with van der Waals surface area (Å²) in [5.41, 5.74) is -0.123. The highest BCUT2D eigenvalue weighted by molar-refractivity contribution is 7.99. The van der Waals surface area contributed by atoms with Crippen molar-refractivity contribution in [2.75, 3.05) is 31.2 Å². The summed E-state index contributed by atoms with van der Waals surface area (Å²) in [5, 5.41) is 5.65. The van der Waals surface area contributed by atoms with Crippen molar-refractivity contribution < 1.29 is 19.1 Å². The monoisotopic (exact) mass is 402 g/mol. The molecule has 0 saturated carbocycles. The zero-order valence-corrected chi connectivity index (χ0v) is 18.7. The molecule has 6 nitrogen and oxygen atoms in total. The molecule has 0 aliphatic heterocycles. The predicted molar refractivity (Wildman–Crippen MR) is 112 cm³/mol. The van der Waals surface area contributed by atoms with Gasteiger partial charge in [-0.25, -0.2) is 0 Å². The van der Waals surface area contributed by atoms with E-state index < -0.39 is 0 Å². The van der Waals surface area contributed by atoms with Gasteiger partial charge in [0.05, 0.1) is 13.0 Å². The molecule has 27 heavy (non-hydrogen) atoms. The number of rotatable bonds is 13. The van der Waals surface area contributed by atoms with Crippen molar-refractivity contribution in [1.29, 1.82) is 0 Å². The van der Waals surface area contributed by atoms with Gasteiger partial charge >= 0.3 is 5.97 Å². The maximum atomic E-state index is 11.8. The average Bonchev–Trinajstić information content (AvgIpc) is 2.48. The molecule has 0 aromatic rings. The minimum Gasteiger partial charge on any atom is -0.466 e. The summed E-state index contributed by atoms with van der Waals surface area (Å²) in [6, 6.07) is 0. The van der Waals surface area contributed by atoms with E-state index in [1.54, 1.807) is 11.8 Å². The molecular weight excluding hydrogens is 364 g/mol. The molecule has 0 spiro atoms. The van der Waals surface area contributed by atoms with Crippen molar-refractivity contribution in [3.05, 3.63) is 0 Å². The summed E-state index contributed by atoms with van der Waals surface area (Å²) in [7, 11) is 0. The van der Waals surface area contributed by atoms with E-state index in [1.165, 1.54) is 0 Å². The number of hydrogen-bond donors (Lipinski definition) is 2. The molecule has 0 aliphatic rings. The highest BCUT2D eigenvalue weighted by atomic mass is 32.2. The summed E-state index contributed by atoms with van der Waals surface area (Å²) >= 11 is 1.76. The summed E-state index contributed by atoms with van der Waals surface area (Å²) in [6.07, 6.45) is 2.11. The van der Waals surface area contributed by atoms with Crippen LogP contribution in [0.25, 0.3) is 0 Å². The third kappa shape index (κ3) is 16.6. The van der Waals surface area contributed by atoms with Gasteiger partial charge in [0.1, 0.15) is 0 Å². The highest BCUT2D eigenvalue weighted by Crippen LogP contribution is 2.27. The summed E-state index contributed by atoms with van der Waals surface area (Å²) in [4.78, 5) is 35.0. The lowest BCUT2D eigenvalue weighted by atomic mass is 9.86. The number of carbonyl (C=O) groups is 3. The van der Waals surface area contributed by atoms with Gasteiger partial charge in [-0.05, 0) is 29.9 Å². The van der Waals surface area contributed by atoms with Crippen LogP contribution in [-0.2, 0) is 19.1 Å². The zero-order valence-electron chi connectivity index (χ0n) is 17.9. The minimum atomic E-state index is -0.144. The van der Waals surface area contributed by atoms with Gasteiger partial charge in [0.25, 0.3) is 0 Å². The Morgan fingerprint density at radius 1 is 0.889 bits per heavy atom. The van der Waals surface area contributed by atoms with Crippen LogP contribution < -0.4 is 10.6 Å². The maximum Gasteiger partial charge on any atom is 0.306 e. The molecule has 0 saturated heterocycles. The number of amides is 2. The lowest BCUT2D eigenvalue weighted by Crippen LogP contribution is -2.33. The van der Waals surface area contributed by atoms with Crippen LogP contribution in [0.5, 0.6) is 0 Å². The van der Waals surface area contributed by atoms with Crippen LogP contribution in [-0.4, -0.2) is 49.0 Å². The molecule has 2 amide bonds. The van der Waals surface area contributed by atoms with Crippen molar-refractivity contribution in [2.24, 2.45) is 10.8 Å². The SMILES string of the molecule is CCOC(=O)CC(C)(C)CCSCCNC(=O)CCNC(=O)CC(C)(C)C. The van der Waals surface area contributed by atoms with Crippen LogP contribution in [0.1, 0.15) is 67.2 Å². The molecule has 0 bridgehead atoms. The Kier molecular flexibility index (Phi) is 12.4. The van der Waals surface area contributed by atoms with Crippen LogP contribution in [0.4, 0.5) is 0 Å². The van der Waals surface area contributed by atoms with E-state index in [0.717, 1.165) is 17.9 Å². The highest BCUT2D eigenvalue weighted by Gasteiger charge is 2.22. The fraction of sp³-hybridized carbons (Fsp3) is 0.850. The van der Waals surface area contributed by atoms with E-state index in [2.05, 4.69) is 24.5 Å². The van der Waals surface area contributed by atoms with Gasteiger partial charge in [-0.15, -0.1) is 0 Å². The number of carbonyl (C=O) groups excluding carboxylic acids is 3.